The standard InChI is InChI=1S/C22H16ClFN4O.C21H15N5.C20H11ClFN5.C18H12ClFN6.C18H15N7/c1-2-21(29)20-11-14(7-9-25-20)27-18-12-19(16-10-13(23)5-6-17(16)24)28-22-15(18)4-3-8-26-22;1-14-4-2-6-17(24-14)18-12-20(16-5-3-9-23-21(16)25-18)26-11-8-15-13-22-10-7-19(15)26;21-13-3-4-16(22)15(8-13)17-9-18(14-2-1-6-24-19(14)26-17)27-7-5-12-10-23-11-25-20(12)27;19-10-3-4-13(20)12(8-10)15-9-14(11-2-1-6-22-17(11)25-15)24-16-5-7-23-18(21)26-16;1-11-4-2-6-13(23-11)15-8-14(12-5-3-7-20-18(12)25-15)24-17-9-16(19)21-10-22-17/h3-12H,2H2,1H3,(H,25,26,27,28);2-13H,1H3;1-11H;1-9H,(H3,21,22,23,24,25,26);2-10H,1H3,(H3,19,20,21,22,24,25). The van der Waals surface area contributed by atoms with Gasteiger partial charge in [0.1, 0.15) is 58.9 Å². The van der Waals surface area contributed by atoms with Crippen molar-refractivity contribution in [2.24, 2.45) is 0 Å². The molecule has 0 spiro atoms. The summed E-state index contributed by atoms with van der Waals surface area (Å²) >= 11 is 18.1. The molecular weight excluding hydrogens is 1750 g/mol. The molecule has 0 saturated carbocycles. The number of nitrogens with zero attached hydrogens (tertiary/aromatic N) is 22. The van der Waals surface area contributed by atoms with Crippen LogP contribution in [-0.4, -0.2) is 115 Å². The zero-order chi connectivity index (χ0) is 91.6. The number of carbonyl (C=O) groups is 1. The molecule has 0 bridgehead atoms. The van der Waals surface area contributed by atoms with Gasteiger partial charge in [-0.2, -0.15) is 4.98 Å². The number of carbonyl (C=O) groups excluding carboxylic acids is 1. The minimum absolute atomic E-state index is 0.0448. The number of nitrogen functional groups attached to an aromatic ring is 2. The molecule has 648 valence electrons. The lowest BCUT2D eigenvalue weighted by Gasteiger charge is -2.13. The van der Waals surface area contributed by atoms with Crippen LogP contribution in [0, 0.1) is 31.3 Å². The zero-order valence-electron chi connectivity index (χ0n) is 70.3. The number of aryl methyl sites for hydroxylation is 2. The van der Waals surface area contributed by atoms with Crippen molar-refractivity contribution in [3.05, 3.63) is 361 Å². The Balaban J connectivity index is 0.000000111. The largest absolute Gasteiger partial charge is 0.384 e. The maximum Gasteiger partial charge on any atom is 0.221 e. The number of ketones is 1. The predicted octanol–water partition coefficient (Wildman–Crippen LogP) is 22.3. The Kier molecular flexibility index (Phi) is 25.2. The Bertz CT molecular complexity index is 8180. The summed E-state index contributed by atoms with van der Waals surface area (Å²) in [4.78, 5) is 98.7. The van der Waals surface area contributed by atoms with Gasteiger partial charge in [0.15, 0.2) is 34.0 Å². The van der Waals surface area contributed by atoms with E-state index in [2.05, 4.69) is 134 Å². The minimum atomic E-state index is -0.428. The summed E-state index contributed by atoms with van der Waals surface area (Å²) in [6, 6.07) is 65.8. The quantitative estimate of drug-likeness (QED) is 0.0595. The maximum absolute atomic E-state index is 14.4. The highest BCUT2D eigenvalue weighted by atomic mass is 35.5. The molecule has 0 aliphatic carbocycles. The van der Waals surface area contributed by atoms with Crippen LogP contribution in [0.15, 0.2) is 311 Å². The Morgan fingerprint density at radius 3 is 1.38 bits per heavy atom. The third kappa shape index (κ3) is 19.6. The number of nitrogens with one attached hydrogen (secondary N) is 3. The van der Waals surface area contributed by atoms with Gasteiger partial charge in [-0.15, -0.1) is 0 Å². The number of hydrogen-bond acceptors (Lipinski definition) is 26. The fourth-order valence-corrected chi connectivity index (χ4v) is 15.0. The average molecular weight is 1820 g/mol. The average Bonchev–Trinajstić information content (AvgIpc) is 1.67. The normalized spacial score (nSPS) is 11.0. The number of pyridine rings is 14. The molecule has 0 radical (unpaired) electrons. The maximum atomic E-state index is 14.4. The number of halogens is 6. The molecule has 19 heterocycles. The molecule has 0 saturated heterocycles. The lowest BCUT2D eigenvalue weighted by Crippen LogP contribution is -2.02. The molecule has 22 rings (SSSR count). The zero-order valence-corrected chi connectivity index (χ0v) is 72.6. The van der Waals surface area contributed by atoms with Crippen molar-refractivity contribution in [3.63, 3.8) is 0 Å². The first-order valence-electron chi connectivity index (χ1n) is 41.0. The van der Waals surface area contributed by atoms with Crippen LogP contribution < -0.4 is 27.4 Å². The van der Waals surface area contributed by atoms with Crippen LogP contribution in [0.4, 0.5) is 59.3 Å². The van der Waals surface area contributed by atoms with Crippen molar-refractivity contribution in [2.45, 2.75) is 27.2 Å². The SMILES string of the molecule is CCC(=O)c1cc(Nc2cc(-c3cc(Cl)ccc3F)nc3ncccc23)ccn1.Cc1cccc(-c2cc(-n3ccc4cnccc43)c3cccnc3n2)n1.Cc1cccc(-c2cc(Nc3cc(N)ncn3)c3cccnc3n2)n1.Fc1ccc(Cl)cc1-c1cc(-n2ccc3cncnc32)c2cccnc2n1.Nc1nccc(Nc2cc(-c3cc(Cl)ccc3F)nc3ncccc23)n1. The molecule has 0 amide bonds. The van der Waals surface area contributed by atoms with Gasteiger partial charge in [0, 0.05) is 173 Å². The van der Waals surface area contributed by atoms with Gasteiger partial charge in [0.25, 0.3) is 0 Å². The fraction of sp³-hybridized carbons (Fsp3) is 0.0404. The predicted molar refractivity (Wildman–Crippen MR) is 513 cm³/mol. The first-order chi connectivity index (χ1) is 64.8. The number of nitrogens with two attached hydrogens (primary N) is 2. The number of Topliss-reactive ketones (excluding diaryl/α,β-unsaturated/α-hetero) is 1. The highest BCUT2D eigenvalue weighted by Crippen LogP contribution is 2.38. The number of rotatable bonds is 15. The molecule has 28 nitrogen and oxygen atoms in total. The first kappa shape index (κ1) is 86.5. The fourth-order valence-electron chi connectivity index (χ4n) is 14.5. The van der Waals surface area contributed by atoms with E-state index < -0.39 is 17.5 Å². The number of hydrogen-bond donors (Lipinski definition) is 5. The summed E-state index contributed by atoms with van der Waals surface area (Å²) in [5.41, 5.74) is 28.3. The van der Waals surface area contributed by atoms with Gasteiger partial charge in [-0.3, -0.25) is 24.7 Å². The number of fused-ring (bicyclic) bond motifs is 7. The van der Waals surface area contributed by atoms with Gasteiger partial charge in [0.05, 0.1) is 73.8 Å². The van der Waals surface area contributed by atoms with Crippen molar-refractivity contribution < 1.29 is 18.0 Å². The molecule has 133 heavy (non-hydrogen) atoms. The van der Waals surface area contributed by atoms with Gasteiger partial charge in [-0.25, -0.2) is 87.9 Å². The van der Waals surface area contributed by atoms with Crippen molar-refractivity contribution >= 4 is 164 Å². The van der Waals surface area contributed by atoms with Crippen LogP contribution in [0.1, 0.15) is 35.2 Å². The molecule has 7 N–H and O–H groups in total. The van der Waals surface area contributed by atoms with E-state index in [0.717, 1.165) is 100 Å². The molecule has 0 atom stereocenters. The topological polar surface area (TPSA) is 373 Å². The van der Waals surface area contributed by atoms with E-state index in [-0.39, 0.29) is 22.9 Å². The van der Waals surface area contributed by atoms with Crippen LogP contribution in [0.5, 0.6) is 0 Å². The summed E-state index contributed by atoms with van der Waals surface area (Å²) in [7, 11) is 0. The molecule has 0 aliphatic heterocycles. The molecule has 3 aromatic carbocycles. The van der Waals surface area contributed by atoms with E-state index in [9.17, 15) is 18.0 Å². The lowest BCUT2D eigenvalue weighted by molar-refractivity contribution is 0.0983. The summed E-state index contributed by atoms with van der Waals surface area (Å²) < 4.78 is 47.2. The summed E-state index contributed by atoms with van der Waals surface area (Å²) in [6.45, 7) is 5.72. The molecule has 0 aliphatic rings. The Labute approximate surface area is 769 Å². The van der Waals surface area contributed by atoms with Crippen molar-refractivity contribution in [1.29, 1.82) is 0 Å². The lowest BCUT2D eigenvalue weighted by atomic mass is 10.1. The van der Waals surface area contributed by atoms with Crippen LogP contribution in [0.3, 0.4) is 0 Å². The van der Waals surface area contributed by atoms with E-state index >= 15 is 0 Å². The van der Waals surface area contributed by atoms with Gasteiger partial charge in [0.2, 0.25) is 5.95 Å². The first-order valence-corrected chi connectivity index (χ1v) is 42.2. The second-order valence-electron chi connectivity index (χ2n) is 29.6. The summed E-state index contributed by atoms with van der Waals surface area (Å²) in [6.07, 6.45) is 24.2. The second-order valence-corrected chi connectivity index (χ2v) is 30.9. The smallest absolute Gasteiger partial charge is 0.221 e. The van der Waals surface area contributed by atoms with Gasteiger partial charge in [-0.1, -0.05) is 53.9 Å². The number of anilines is 8. The van der Waals surface area contributed by atoms with E-state index in [1.807, 2.05) is 146 Å². The number of benzene rings is 3. The van der Waals surface area contributed by atoms with Crippen LogP contribution in [-0.2, 0) is 0 Å². The van der Waals surface area contributed by atoms with Crippen molar-refractivity contribution in [1.82, 2.24) is 109 Å². The molecular formula is C99H69Cl3F3N27O. The van der Waals surface area contributed by atoms with Crippen LogP contribution in [0.25, 0.3) is 145 Å². The Hall–Kier alpha value is -17.3. The van der Waals surface area contributed by atoms with Crippen molar-refractivity contribution in [2.75, 3.05) is 27.4 Å². The van der Waals surface area contributed by atoms with Crippen LogP contribution in [0.2, 0.25) is 15.1 Å². The molecule has 22 aromatic rings. The molecule has 34 heteroatoms. The van der Waals surface area contributed by atoms with E-state index in [1.54, 1.807) is 111 Å². The highest BCUT2D eigenvalue weighted by Gasteiger charge is 2.21. The Morgan fingerprint density at radius 2 is 0.835 bits per heavy atom. The molecule has 0 fully saturated rings. The second kappa shape index (κ2) is 38.7. The van der Waals surface area contributed by atoms with Gasteiger partial charge >= 0.3 is 0 Å². The molecule has 0 unspecified atom stereocenters. The summed E-state index contributed by atoms with van der Waals surface area (Å²) in [5, 5.41) is 17.2. The third-order valence-corrected chi connectivity index (χ3v) is 21.4. The van der Waals surface area contributed by atoms with Gasteiger partial charge < -0.3 is 36.6 Å². The summed E-state index contributed by atoms with van der Waals surface area (Å²) in [5.74, 6) is 0.363. The molecule has 19 aromatic heterocycles. The monoisotopic (exact) mass is 1810 g/mol. The third-order valence-electron chi connectivity index (χ3n) is 20.7. The van der Waals surface area contributed by atoms with Crippen LogP contribution >= 0.6 is 34.8 Å². The van der Waals surface area contributed by atoms with E-state index in [1.165, 1.54) is 61.2 Å². The van der Waals surface area contributed by atoms with Crippen molar-refractivity contribution in [3.8, 4) is 67.9 Å². The number of aromatic nitrogens is 22. The Morgan fingerprint density at radius 1 is 0.368 bits per heavy atom. The minimum Gasteiger partial charge on any atom is -0.384 e. The van der Waals surface area contributed by atoms with Gasteiger partial charge in [-0.05, 0) is 220 Å². The van der Waals surface area contributed by atoms with E-state index in [0.29, 0.717) is 113 Å². The van der Waals surface area contributed by atoms with E-state index in [4.69, 9.17) is 51.3 Å². The highest BCUT2D eigenvalue weighted by molar-refractivity contribution is 6.31.